The van der Waals surface area contributed by atoms with Gasteiger partial charge in [0.15, 0.2) is 0 Å². The zero-order valence-electron chi connectivity index (χ0n) is 12.0. The predicted molar refractivity (Wildman–Crippen MR) is 74.4 cm³/mol. The van der Waals surface area contributed by atoms with Gasteiger partial charge in [-0.2, -0.15) is 0 Å². The highest BCUT2D eigenvalue weighted by atomic mass is 16.2. The Morgan fingerprint density at radius 3 is 2.17 bits per heavy atom. The first kappa shape index (κ1) is 13.9. The third kappa shape index (κ3) is 3.47. The van der Waals surface area contributed by atoms with Crippen molar-refractivity contribution in [2.75, 3.05) is 13.1 Å². The van der Waals surface area contributed by atoms with Gasteiger partial charge in [-0.15, -0.1) is 0 Å². The van der Waals surface area contributed by atoms with E-state index in [2.05, 4.69) is 24.1 Å². The van der Waals surface area contributed by atoms with Gasteiger partial charge in [0.05, 0.1) is 0 Å². The van der Waals surface area contributed by atoms with Gasteiger partial charge in [-0.25, -0.2) is 0 Å². The Labute approximate surface area is 111 Å². The second-order valence-corrected chi connectivity index (χ2v) is 6.22. The zero-order chi connectivity index (χ0) is 13.0. The molecule has 0 radical (unpaired) electrons. The molecular weight excluding hydrogens is 224 g/mol. The molecule has 1 heterocycles. The summed E-state index contributed by atoms with van der Waals surface area (Å²) in [4.78, 5) is 14.6. The molecule has 1 N–H and O–H groups in total. The molecule has 1 aliphatic carbocycles. The van der Waals surface area contributed by atoms with E-state index < -0.39 is 0 Å². The topological polar surface area (TPSA) is 32.3 Å². The third-order valence-corrected chi connectivity index (χ3v) is 4.56. The van der Waals surface area contributed by atoms with Crippen LogP contribution in [0.4, 0.5) is 0 Å². The number of carbonyl (C=O) groups is 1. The molecule has 0 aromatic rings. The molecule has 1 saturated carbocycles. The first-order valence-corrected chi connectivity index (χ1v) is 7.70. The summed E-state index contributed by atoms with van der Waals surface area (Å²) in [5, 5.41) is 3.39. The molecule has 2 fully saturated rings. The lowest BCUT2D eigenvalue weighted by atomic mass is 9.95. The summed E-state index contributed by atoms with van der Waals surface area (Å²) in [7, 11) is 0. The van der Waals surface area contributed by atoms with Gasteiger partial charge in [0, 0.05) is 31.6 Å². The Balaban J connectivity index is 1.89. The summed E-state index contributed by atoms with van der Waals surface area (Å²) in [6.45, 7) is 6.21. The fraction of sp³-hybridized carbons (Fsp3) is 0.933. The standard InChI is InChI=1S/C15H28N2O/c1-12-10-16-11-13(2)17(12)15(18)9-14-7-5-3-4-6-8-14/h12-14,16H,3-11H2,1-2H3. The molecule has 2 atom stereocenters. The summed E-state index contributed by atoms with van der Waals surface area (Å²) in [6, 6.07) is 0.707. The van der Waals surface area contributed by atoms with Crippen LogP contribution in [0.3, 0.4) is 0 Å². The number of rotatable bonds is 2. The second-order valence-electron chi connectivity index (χ2n) is 6.22. The van der Waals surface area contributed by atoms with E-state index in [1.54, 1.807) is 0 Å². The van der Waals surface area contributed by atoms with Crippen LogP contribution in [-0.2, 0) is 4.79 Å². The molecule has 0 spiro atoms. The molecule has 2 aliphatic rings. The Morgan fingerprint density at radius 1 is 1.06 bits per heavy atom. The van der Waals surface area contributed by atoms with Crippen LogP contribution in [0.25, 0.3) is 0 Å². The number of hydrogen-bond donors (Lipinski definition) is 1. The highest BCUT2D eigenvalue weighted by Gasteiger charge is 2.30. The van der Waals surface area contributed by atoms with E-state index in [9.17, 15) is 4.79 Å². The van der Waals surface area contributed by atoms with Crippen molar-refractivity contribution in [1.82, 2.24) is 10.2 Å². The van der Waals surface area contributed by atoms with Gasteiger partial charge in [-0.3, -0.25) is 4.79 Å². The molecule has 0 aromatic carbocycles. The fourth-order valence-corrected chi connectivity index (χ4v) is 3.54. The van der Waals surface area contributed by atoms with Crippen molar-refractivity contribution in [3.63, 3.8) is 0 Å². The summed E-state index contributed by atoms with van der Waals surface area (Å²) < 4.78 is 0. The number of hydrogen-bond acceptors (Lipinski definition) is 2. The Morgan fingerprint density at radius 2 is 1.61 bits per heavy atom. The second kappa shape index (κ2) is 6.55. The van der Waals surface area contributed by atoms with E-state index in [1.165, 1.54) is 38.5 Å². The number of nitrogens with zero attached hydrogens (tertiary/aromatic N) is 1. The van der Waals surface area contributed by atoms with Gasteiger partial charge in [0.25, 0.3) is 0 Å². The van der Waals surface area contributed by atoms with Gasteiger partial charge in [-0.1, -0.05) is 25.7 Å². The van der Waals surface area contributed by atoms with Crippen molar-refractivity contribution in [2.24, 2.45) is 5.92 Å². The van der Waals surface area contributed by atoms with Crippen molar-refractivity contribution in [3.05, 3.63) is 0 Å². The highest BCUT2D eigenvalue weighted by Crippen LogP contribution is 2.27. The van der Waals surface area contributed by atoms with E-state index >= 15 is 0 Å². The van der Waals surface area contributed by atoms with Crippen LogP contribution in [-0.4, -0.2) is 36.0 Å². The van der Waals surface area contributed by atoms with Crippen LogP contribution in [0.1, 0.15) is 58.8 Å². The molecule has 2 rings (SSSR count). The molecule has 2 unspecified atom stereocenters. The van der Waals surface area contributed by atoms with E-state index in [1.807, 2.05) is 0 Å². The van der Waals surface area contributed by atoms with Gasteiger partial charge in [-0.05, 0) is 32.6 Å². The highest BCUT2D eigenvalue weighted by molar-refractivity contribution is 5.77. The van der Waals surface area contributed by atoms with Crippen molar-refractivity contribution in [3.8, 4) is 0 Å². The maximum Gasteiger partial charge on any atom is 0.223 e. The average molecular weight is 252 g/mol. The largest absolute Gasteiger partial charge is 0.335 e. The van der Waals surface area contributed by atoms with Crippen LogP contribution < -0.4 is 5.32 Å². The van der Waals surface area contributed by atoms with Crippen molar-refractivity contribution >= 4 is 5.91 Å². The zero-order valence-corrected chi connectivity index (χ0v) is 12.0. The lowest BCUT2D eigenvalue weighted by Crippen LogP contribution is -2.57. The molecule has 18 heavy (non-hydrogen) atoms. The van der Waals surface area contributed by atoms with Crippen molar-refractivity contribution < 1.29 is 4.79 Å². The molecule has 1 aliphatic heterocycles. The first-order chi connectivity index (χ1) is 8.68. The summed E-state index contributed by atoms with van der Waals surface area (Å²) in [5.41, 5.74) is 0. The van der Waals surface area contributed by atoms with Gasteiger partial charge in [0.2, 0.25) is 5.91 Å². The number of carbonyl (C=O) groups excluding carboxylic acids is 1. The van der Waals surface area contributed by atoms with Gasteiger partial charge in [0.1, 0.15) is 0 Å². The molecular formula is C15H28N2O. The van der Waals surface area contributed by atoms with Crippen LogP contribution in [0.15, 0.2) is 0 Å². The molecule has 0 bridgehead atoms. The van der Waals surface area contributed by atoms with Crippen molar-refractivity contribution in [1.29, 1.82) is 0 Å². The van der Waals surface area contributed by atoms with E-state index in [0.717, 1.165) is 19.5 Å². The van der Waals surface area contributed by atoms with E-state index in [-0.39, 0.29) is 0 Å². The van der Waals surface area contributed by atoms with Gasteiger partial charge >= 0.3 is 0 Å². The van der Waals surface area contributed by atoms with Crippen LogP contribution in [0, 0.1) is 5.92 Å². The van der Waals surface area contributed by atoms with Crippen molar-refractivity contribution in [2.45, 2.75) is 70.9 Å². The minimum absolute atomic E-state index is 0.354. The maximum atomic E-state index is 12.5. The van der Waals surface area contributed by atoms with Gasteiger partial charge < -0.3 is 10.2 Å². The smallest absolute Gasteiger partial charge is 0.223 e. The Kier molecular flexibility index (Phi) is 5.04. The lowest BCUT2D eigenvalue weighted by Gasteiger charge is -2.40. The Bertz CT molecular complexity index is 262. The molecule has 1 amide bonds. The summed E-state index contributed by atoms with van der Waals surface area (Å²) >= 11 is 0. The number of amides is 1. The molecule has 3 heteroatoms. The van der Waals surface area contributed by atoms with E-state index in [0.29, 0.717) is 23.9 Å². The fourth-order valence-electron chi connectivity index (χ4n) is 3.54. The van der Waals surface area contributed by atoms with Crippen LogP contribution in [0.5, 0.6) is 0 Å². The predicted octanol–water partition coefficient (Wildman–Crippen LogP) is 2.56. The maximum absolute atomic E-state index is 12.5. The quantitative estimate of drug-likeness (QED) is 0.766. The number of piperazine rings is 1. The summed E-state index contributed by atoms with van der Waals surface area (Å²) in [6.07, 6.45) is 8.70. The minimum Gasteiger partial charge on any atom is -0.335 e. The lowest BCUT2D eigenvalue weighted by molar-refractivity contribution is -0.137. The normalized spacial score (nSPS) is 31.1. The monoisotopic (exact) mass is 252 g/mol. The van der Waals surface area contributed by atoms with Crippen LogP contribution >= 0.6 is 0 Å². The average Bonchev–Trinajstić information content (AvgIpc) is 2.57. The molecule has 3 nitrogen and oxygen atoms in total. The van der Waals surface area contributed by atoms with Crippen LogP contribution in [0.2, 0.25) is 0 Å². The summed E-state index contributed by atoms with van der Waals surface area (Å²) in [5.74, 6) is 1.04. The molecule has 104 valence electrons. The molecule has 1 saturated heterocycles. The third-order valence-electron chi connectivity index (χ3n) is 4.56. The molecule has 0 aromatic heterocycles. The van der Waals surface area contributed by atoms with E-state index in [4.69, 9.17) is 0 Å². The minimum atomic E-state index is 0.354. The Hall–Kier alpha value is -0.570. The SMILES string of the molecule is CC1CNCC(C)N1C(=O)CC1CCCCCC1. The number of nitrogens with one attached hydrogen (secondary N) is 1. The first-order valence-electron chi connectivity index (χ1n) is 7.70.